The Bertz CT molecular complexity index is 124. The monoisotopic (exact) mass is 145 g/mol. The zero-order chi connectivity index (χ0) is 6.91. The summed E-state index contributed by atoms with van der Waals surface area (Å²) in [4.78, 5) is 5.20. The first kappa shape index (κ1) is 7.12. The standard InChI is InChI=1S/C6H11NOS/c1-6(2)3-5(4-9)7-8-6/h4-5,7H,3H2,1-2H3. The van der Waals surface area contributed by atoms with Crippen molar-refractivity contribution in [2.45, 2.75) is 31.9 Å². The molecule has 3 heteroatoms. The molecule has 0 bridgehead atoms. The second-order valence-corrected chi connectivity index (χ2v) is 3.20. The average molecular weight is 145 g/mol. The van der Waals surface area contributed by atoms with Crippen LogP contribution in [0.25, 0.3) is 0 Å². The molecule has 0 aromatic heterocycles. The molecule has 0 amide bonds. The predicted molar refractivity (Wildman–Crippen MR) is 40.4 cm³/mol. The van der Waals surface area contributed by atoms with E-state index < -0.39 is 0 Å². The highest BCUT2D eigenvalue weighted by atomic mass is 32.1. The third-order valence-electron chi connectivity index (χ3n) is 1.36. The van der Waals surface area contributed by atoms with E-state index in [4.69, 9.17) is 17.1 Å². The Kier molecular flexibility index (Phi) is 1.84. The van der Waals surface area contributed by atoms with E-state index in [0.717, 1.165) is 6.42 Å². The maximum atomic E-state index is 5.20. The van der Waals surface area contributed by atoms with Gasteiger partial charge in [-0.25, -0.2) is 0 Å². The Labute approximate surface area is 60.5 Å². The van der Waals surface area contributed by atoms with E-state index in [1.807, 2.05) is 13.8 Å². The zero-order valence-corrected chi connectivity index (χ0v) is 6.49. The Balaban J connectivity index is 2.47. The number of nitrogens with one attached hydrogen (secondary N) is 1. The second-order valence-electron chi connectivity index (χ2n) is 2.93. The van der Waals surface area contributed by atoms with Gasteiger partial charge in [-0.3, -0.25) is 4.84 Å². The number of hydrogen-bond donors (Lipinski definition) is 1. The molecule has 2 nitrogen and oxygen atoms in total. The number of thiocarbonyl (C=S) groups is 1. The highest BCUT2D eigenvalue weighted by molar-refractivity contribution is 7.79. The minimum atomic E-state index is -0.0417. The van der Waals surface area contributed by atoms with Gasteiger partial charge in [-0.15, -0.1) is 0 Å². The largest absolute Gasteiger partial charge is 0.295 e. The van der Waals surface area contributed by atoms with Gasteiger partial charge in [-0.1, -0.05) is 12.2 Å². The smallest absolute Gasteiger partial charge is 0.0860 e. The van der Waals surface area contributed by atoms with Crippen LogP contribution < -0.4 is 5.48 Å². The molecule has 0 radical (unpaired) electrons. The lowest BCUT2D eigenvalue weighted by molar-refractivity contribution is -0.0284. The zero-order valence-electron chi connectivity index (χ0n) is 5.68. The molecular weight excluding hydrogens is 134 g/mol. The topological polar surface area (TPSA) is 21.3 Å². The van der Waals surface area contributed by atoms with Gasteiger partial charge in [0.2, 0.25) is 0 Å². The van der Waals surface area contributed by atoms with Crippen molar-refractivity contribution in [2.24, 2.45) is 0 Å². The van der Waals surface area contributed by atoms with E-state index in [0.29, 0.717) is 0 Å². The van der Waals surface area contributed by atoms with Crippen LogP contribution in [0.3, 0.4) is 0 Å². The van der Waals surface area contributed by atoms with Crippen LogP contribution in [0.5, 0.6) is 0 Å². The van der Waals surface area contributed by atoms with Crippen molar-refractivity contribution in [3.05, 3.63) is 0 Å². The molecule has 1 N–H and O–H groups in total. The van der Waals surface area contributed by atoms with Gasteiger partial charge in [-0.05, 0) is 25.6 Å². The Morgan fingerprint density at radius 3 is 2.67 bits per heavy atom. The van der Waals surface area contributed by atoms with Gasteiger partial charge in [0.15, 0.2) is 0 Å². The lowest BCUT2D eigenvalue weighted by Crippen LogP contribution is -2.20. The van der Waals surface area contributed by atoms with Crippen LogP contribution in [0.4, 0.5) is 0 Å². The fourth-order valence-electron chi connectivity index (χ4n) is 0.924. The molecule has 1 aliphatic rings. The van der Waals surface area contributed by atoms with Gasteiger partial charge < -0.3 is 0 Å². The summed E-state index contributed by atoms with van der Waals surface area (Å²) in [6, 6.07) is 0.259. The highest BCUT2D eigenvalue weighted by Crippen LogP contribution is 2.20. The molecule has 1 heterocycles. The third-order valence-corrected chi connectivity index (χ3v) is 1.69. The van der Waals surface area contributed by atoms with Crippen molar-refractivity contribution in [1.29, 1.82) is 0 Å². The van der Waals surface area contributed by atoms with Gasteiger partial charge >= 0.3 is 0 Å². The van der Waals surface area contributed by atoms with Crippen LogP contribution in [0, 0.1) is 0 Å². The van der Waals surface area contributed by atoms with Crippen molar-refractivity contribution in [3.63, 3.8) is 0 Å². The summed E-state index contributed by atoms with van der Waals surface area (Å²) in [6.07, 6.45) is 0.969. The van der Waals surface area contributed by atoms with Crippen LogP contribution in [-0.2, 0) is 4.84 Å². The minimum absolute atomic E-state index is 0.0417. The molecule has 1 aliphatic heterocycles. The second kappa shape index (κ2) is 2.33. The van der Waals surface area contributed by atoms with Crippen LogP contribution in [0.1, 0.15) is 20.3 Å². The highest BCUT2D eigenvalue weighted by Gasteiger charge is 2.30. The summed E-state index contributed by atoms with van der Waals surface area (Å²) in [5.74, 6) is 0. The molecule has 52 valence electrons. The molecular formula is C6H11NOS. The maximum Gasteiger partial charge on any atom is 0.0860 e. The van der Waals surface area contributed by atoms with Crippen molar-refractivity contribution in [2.75, 3.05) is 0 Å². The summed E-state index contributed by atoms with van der Waals surface area (Å²) in [6.45, 7) is 4.08. The molecule has 0 spiro atoms. The van der Waals surface area contributed by atoms with Crippen LogP contribution in [0.15, 0.2) is 0 Å². The Hall–Kier alpha value is 0.0100. The Morgan fingerprint density at radius 1 is 1.78 bits per heavy atom. The minimum Gasteiger partial charge on any atom is -0.295 e. The first-order valence-corrected chi connectivity index (χ1v) is 3.50. The van der Waals surface area contributed by atoms with E-state index in [-0.39, 0.29) is 11.6 Å². The maximum absolute atomic E-state index is 5.20. The molecule has 1 rings (SSSR count). The van der Waals surface area contributed by atoms with Crippen LogP contribution >= 0.6 is 12.2 Å². The van der Waals surface area contributed by atoms with Gasteiger partial charge in [0.25, 0.3) is 0 Å². The van der Waals surface area contributed by atoms with Gasteiger partial charge in [-0.2, -0.15) is 5.48 Å². The summed E-state index contributed by atoms with van der Waals surface area (Å²) in [5.41, 5.74) is 2.80. The van der Waals surface area contributed by atoms with Crippen molar-refractivity contribution in [1.82, 2.24) is 5.48 Å². The van der Waals surface area contributed by atoms with E-state index in [9.17, 15) is 0 Å². The third kappa shape index (κ3) is 1.71. The summed E-state index contributed by atoms with van der Waals surface area (Å²) < 4.78 is 0. The fourth-order valence-corrected chi connectivity index (χ4v) is 1.08. The average Bonchev–Trinajstić information content (AvgIpc) is 2.10. The molecule has 1 atom stereocenters. The summed E-state index contributed by atoms with van der Waals surface area (Å²) >= 11 is 4.75. The summed E-state index contributed by atoms with van der Waals surface area (Å²) in [7, 11) is 0. The predicted octanol–water partition coefficient (Wildman–Crippen LogP) is 1.06. The molecule has 1 saturated heterocycles. The SMILES string of the molecule is CC1(C)CC(C=S)NO1. The molecule has 0 saturated carbocycles. The Morgan fingerprint density at radius 2 is 2.44 bits per heavy atom. The van der Waals surface area contributed by atoms with Crippen molar-refractivity contribution in [3.8, 4) is 0 Å². The van der Waals surface area contributed by atoms with Gasteiger partial charge in [0.1, 0.15) is 0 Å². The van der Waals surface area contributed by atoms with Crippen LogP contribution in [-0.4, -0.2) is 17.0 Å². The van der Waals surface area contributed by atoms with E-state index in [1.165, 1.54) is 0 Å². The first-order chi connectivity index (χ1) is 4.14. The number of hydroxylamine groups is 1. The molecule has 1 fully saturated rings. The number of rotatable bonds is 1. The molecule has 0 aliphatic carbocycles. The van der Waals surface area contributed by atoms with Crippen LogP contribution in [0.2, 0.25) is 0 Å². The first-order valence-electron chi connectivity index (χ1n) is 3.03. The molecule has 0 aromatic carbocycles. The van der Waals surface area contributed by atoms with Crippen molar-refractivity contribution >= 4 is 17.6 Å². The van der Waals surface area contributed by atoms with E-state index in [1.54, 1.807) is 5.37 Å². The fraction of sp³-hybridized carbons (Fsp3) is 0.833. The van der Waals surface area contributed by atoms with Crippen molar-refractivity contribution < 1.29 is 4.84 Å². The lowest BCUT2D eigenvalue weighted by atomic mass is 10.0. The molecule has 1 unspecified atom stereocenters. The molecule has 0 aromatic rings. The number of hydrogen-bond acceptors (Lipinski definition) is 3. The summed E-state index contributed by atoms with van der Waals surface area (Å²) in [5, 5.41) is 1.70. The van der Waals surface area contributed by atoms with Gasteiger partial charge in [0.05, 0.1) is 11.6 Å². The lowest BCUT2D eigenvalue weighted by Gasteiger charge is -2.12. The molecule has 9 heavy (non-hydrogen) atoms. The normalized spacial score (nSPS) is 32.4. The quantitative estimate of drug-likeness (QED) is 0.557. The van der Waals surface area contributed by atoms with Gasteiger partial charge in [0, 0.05) is 0 Å². The van der Waals surface area contributed by atoms with E-state index in [2.05, 4.69) is 5.48 Å². The van der Waals surface area contributed by atoms with E-state index >= 15 is 0 Å².